The lowest BCUT2D eigenvalue weighted by Crippen LogP contribution is -2.45. The molecule has 1 rings (SSSR count). The van der Waals surface area contributed by atoms with Gasteiger partial charge in [-0.15, -0.1) is 0 Å². The summed E-state index contributed by atoms with van der Waals surface area (Å²) in [5, 5.41) is 16.6. The van der Waals surface area contributed by atoms with Crippen LogP contribution in [0.3, 0.4) is 0 Å². The number of aromatic nitrogens is 1. The van der Waals surface area contributed by atoms with Crippen LogP contribution >= 0.6 is 0 Å². The molecule has 0 fully saturated rings. The van der Waals surface area contributed by atoms with Crippen molar-refractivity contribution in [2.75, 3.05) is 4.90 Å². The average Bonchev–Trinajstić information content (AvgIpc) is 2.26. The van der Waals surface area contributed by atoms with Gasteiger partial charge in [-0.05, 0) is 26.8 Å². The van der Waals surface area contributed by atoms with Crippen LogP contribution in [0, 0.1) is 0 Å². The SMILES string of the molecule is CC(=O)O.CC(C)(C)N(C(=O)O)c1cnccc1C=O.N.N. The summed E-state index contributed by atoms with van der Waals surface area (Å²) in [6, 6.07) is 1.49. The van der Waals surface area contributed by atoms with E-state index in [-0.39, 0.29) is 12.3 Å². The smallest absolute Gasteiger partial charge is 0.412 e. The van der Waals surface area contributed by atoms with E-state index in [1.807, 2.05) is 0 Å². The van der Waals surface area contributed by atoms with Crippen molar-refractivity contribution in [2.24, 2.45) is 0 Å². The molecule has 0 atom stereocenters. The number of aldehydes is 1. The van der Waals surface area contributed by atoms with Gasteiger partial charge in [-0.3, -0.25) is 19.5 Å². The van der Waals surface area contributed by atoms with Gasteiger partial charge in [0.05, 0.1) is 11.9 Å². The van der Waals surface area contributed by atoms with E-state index < -0.39 is 17.6 Å². The molecule has 0 aliphatic carbocycles. The highest BCUT2D eigenvalue weighted by Crippen LogP contribution is 2.25. The summed E-state index contributed by atoms with van der Waals surface area (Å²) in [5.74, 6) is -0.833. The number of pyridine rings is 1. The van der Waals surface area contributed by atoms with E-state index in [1.165, 1.54) is 18.5 Å². The zero-order valence-corrected chi connectivity index (χ0v) is 13.2. The minimum absolute atomic E-state index is 0. The maximum absolute atomic E-state index is 11.2. The maximum atomic E-state index is 11.2. The van der Waals surface area contributed by atoms with Crippen molar-refractivity contribution in [1.29, 1.82) is 0 Å². The predicted octanol–water partition coefficient (Wildman–Crippen LogP) is 2.59. The number of aliphatic carboxylic acids is 1. The summed E-state index contributed by atoms with van der Waals surface area (Å²) < 4.78 is 0. The van der Waals surface area contributed by atoms with E-state index in [2.05, 4.69) is 4.98 Å². The molecular weight excluding hydrogens is 292 g/mol. The topological polar surface area (TPSA) is 178 Å². The molecule has 0 unspecified atom stereocenters. The predicted molar refractivity (Wildman–Crippen MR) is 83.2 cm³/mol. The summed E-state index contributed by atoms with van der Waals surface area (Å²) in [4.78, 5) is 36.0. The van der Waals surface area contributed by atoms with Crippen molar-refractivity contribution < 1.29 is 24.6 Å². The number of carboxylic acid groups (broad SMARTS) is 2. The number of nitrogens with zero attached hydrogens (tertiary/aromatic N) is 2. The van der Waals surface area contributed by atoms with E-state index in [4.69, 9.17) is 15.0 Å². The van der Waals surface area contributed by atoms with E-state index >= 15 is 0 Å². The second kappa shape index (κ2) is 10.2. The van der Waals surface area contributed by atoms with Crippen LogP contribution in [-0.4, -0.2) is 39.1 Å². The van der Waals surface area contributed by atoms with Crippen LogP contribution in [0.5, 0.6) is 0 Å². The molecule has 0 aliphatic rings. The first-order chi connectivity index (χ1) is 9.11. The van der Waals surface area contributed by atoms with Gasteiger partial charge < -0.3 is 22.5 Å². The number of carbonyl (C=O) groups excluding carboxylic acids is 1. The number of hydrogen-bond donors (Lipinski definition) is 4. The Morgan fingerprint density at radius 3 is 2.00 bits per heavy atom. The van der Waals surface area contributed by atoms with Gasteiger partial charge in [0.2, 0.25) is 0 Å². The van der Waals surface area contributed by atoms with Crippen molar-refractivity contribution in [3.8, 4) is 0 Å². The van der Waals surface area contributed by atoms with Crippen LogP contribution in [0.15, 0.2) is 18.5 Å². The first-order valence-electron chi connectivity index (χ1n) is 5.73. The quantitative estimate of drug-likeness (QED) is 0.601. The monoisotopic (exact) mass is 316 g/mol. The third kappa shape index (κ3) is 7.92. The van der Waals surface area contributed by atoms with E-state index in [0.717, 1.165) is 11.8 Å². The fourth-order valence-corrected chi connectivity index (χ4v) is 1.43. The highest BCUT2D eigenvalue weighted by atomic mass is 16.4. The van der Waals surface area contributed by atoms with E-state index in [1.54, 1.807) is 20.8 Å². The molecular formula is C13H24N4O5. The number of carbonyl (C=O) groups is 3. The Morgan fingerprint density at radius 2 is 1.68 bits per heavy atom. The molecule has 0 bridgehead atoms. The van der Waals surface area contributed by atoms with Crippen LogP contribution < -0.4 is 17.2 Å². The molecule has 0 aliphatic heterocycles. The van der Waals surface area contributed by atoms with Gasteiger partial charge in [0.25, 0.3) is 5.97 Å². The van der Waals surface area contributed by atoms with Crippen LogP contribution in [0.25, 0.3) is 0 Å². The van der Waals surface area contributed by atoms with Crippen molar-refractivity contribution in [3.05, 3.63) is 24.0 Å². The summed E-state index contributed by atoms with van der Waals surface area (Å²) in [5.41, 5.74) is -0.0167. The molecule has 22 heavy (non-hydrogen) atoms. The number of anilines is 1. The Balaban J connectivity index is -0.000000538. The van der Waals surface area contributed by atoms with Gasteiger partial charge in [0.15, 0.2) is 6.29 Å². The van der Waals surface area contributed by atoms with Crippen LogP contribution in [0.4, 0.5) is 10.5 Å². The summed E-state index contributed by atoms with van der Waals surface area (Å²) in [6.45, 7) is 6.34. The highest BCUT2D eigenvalue weighted by molar-refractivity contribution is 5.94. The van der Waals surface area contributed by atoms with Gasteiger partial charge in [-0.25, -0.2) is 4.79 Å². The van der Waals surface area contributed by atoms with Gasteiger partial charge in [0, 0.05) is 24.2 Å². The Hall–Kier alpha value is -2.52. The Labute approximate surface area is 129 Å². The van der Waals surface area contributed by atoms with Crippen molar-refractivity contribution in [1.82, 2.24) is 17.3 Å². The molecule has 126 valence electrons. The van der Waals surface area contributed by atoms with Crippen LogP contribution in [0.1, 0.15) is 38.1 Å². The molecule has 1 aromatic rings. The Bertz CT molecular complexity index is 495. The van der Waals surface area contributed by atoms with Gasteiger partial charge in [-0.1, -0.05) is 0 Å². The summed E-state index contributed by atoms with van der Waals surface area (Å²) in [6.07, 6.45) is 2.35. The number of rotatable bonds is 2. The lowest BCUT2D eigenvalue weighted by atomic mass is 10.0. The second-order valence-electron chi connectivity index (χ2n) is 4.86. The third-order valence-corrected chi connectivity index (χ3v) is 2.06. The minimum Gasteiger partial charge on any atom is -0.481 e. The number of amides is 1. The minimum atomic E-state index is -1.11. The molecule has 1 amide bonds. The zero-order valence-electron chi connectivity index (χ0n) is 13.2. The van der Waals surface area contributed by atoms with Gasteiger partial charge in [-0.2, -0.15) is 0 Å². The van der Waals surface area contributed by atoms with Gasteiger partial charge >= 0.3 is 6.09 Å². The zero-order chi connectivity index (χ0) is 15.9. The van der Waals surface area contributed by atoms with Crippen LogP contribution in [-0.2, 0) is 4.79 Å². The number of carboxylic acids is 1. The maximum Gasteiger partial charge on any atom is 0.412 e. The van der Waals surface area contributed by atoms with Gasteiger partial charge in [0.1, 0.15) is 0 Å². The standard InChI is InChI=1S/C11H14N2O3.C2H4O2.2H3N/c1-11(2,3)13(10(15)16)9-6-12-5-4-8(9)7-14;1-2(3)4;;/h4-7H,1-3H3,(H,15,16);1H3,(H,3,4);2*1H3. The lowest BCUT2D eigenvalue weighted by molar-refractivity contribution is -0.134. The fourth-order valence-electron chi connectivity index (χ4n) is 1.43. The lowest BCUT2D eigenvalue weighted by Gasteiger charge is -2.33. The molecule has 0 saturated carbocycles. The van der Waals surface area contributed by atoms with E-state index in [9.17, 15) is 9.59 Å². The fraction of sp³-hybridized carbons (Fsp3) is 0.385. The van der Waals surface area contributed by atoms with Crippen molar-refractivity contribution in [3.63, 3.8) is 0 Å². The number of hydrogen-bond acceptors (Lipinski definition) is 6. The van der Waals surface area contributed by atoms with Crippen LogP contribution in [0.2, 0.25) is 0 Å². The average molecular weight is 316 g/mol. The summed E-state index contributed by atoms with van der Waals surface area (Å²) >= 11 is 0. The second-order valence-corrected chi connectivity index (χ2v) is 4.86. The molecule has 8 N–H and O–H groups in total. The molecule has 9 nitrogen and oxygen atoms in total. The first-order valence-corrected chi connectivity index (χ1v) is 5.73. The Kier molecular flexibility index (Phi) is 11.4. The molecule has 1 aromatic heterocycles. The molecule has 0 aromatic carbocycles. The Morgan fingerprint density at radius 1 is 1.23 bits per heavy atom. The highest BCUT2D eigenvalue weighted by Gasteiger charge is 2.29. The molecule has 9 heteroatoms. The molecule has 0 spiro atoms. The normalized spacial score (nSPS) is 9.09. The molecule has 0 radical (unpaired) electrons. The molecule has 1 heterocycles. The summed E-state index contributed by atoms with van der Waals surface area (Å²) in [7, 11) is 0. The van der Waals surface area contributed by atoms with Crippen molar-refractivity contribution >= 4 is 24.0 Å². The molecule has 0 saturated heterocycles. The van der Waals surface area contributed by atoms with Crippen molar-refractivity contribution in [2.45, 2.75) is 33.2 Å². The third-order valence-electron chi connectivity index (χ3n) is 2.06. The largest absolute Gasteiger partial charge is 0.481 e. The van der Waals surface area contributed by atoms with E-state index in [0.29, 0.717) is 17.5 Å². The first kappa shape index (κ1) is 24.5.